The molecule has 1 aromatic carbocycles. The number of carboxylic acid groups (broad SMARTS) is 1. The summed E-state index contributed by atoms with van der Waals surface area (Å²) in [5.41, 5.74) is 1.92. The maximum Gasteiger partial charge on any atom is 0.356 e. The Balaban J connectivity index is 2.04. The van der Waals surface area contributed by atoms with E-state index in [-0.39, 0.29) is 10.7 Å². The molecule has 1 N–H and O–H groups in total. The predicted octanol–water partition coefficient (Wildman–Crippen LogP) is 3.07. The first-order valence-corrected chi connectivity index (χ1v) is 6.80. The number of halogens is 1. The standard InChI is InChI=1S/C15H15ClN2O3/c1-9-4-3-5-10(2)14(9)21-7-6-12-17-8-11(16)13(18-12)15(19)20/h3-5,8H,6-7H2,1-2H3,(H,19,20). The Hall–Kier alpha value is -2.14. The van der Waals surface area contributed by atoms with E-state index in [1.807, 2.05) is 32.0 Å². The van der Waals surface area contributed by atoms with Gasteiger partial charge in [-0.15, -0.1) is 0 Å². The van der Waals surface area contributed by atoms with Gasteiger partial charge in [-0.1, -0.05) is 29.8 Å². The highest BCUT2D eigenvalue weighted by Crippen LogP contribution is 2.22. The van der Waals surface area contributed by atoms with Crippen LogP contribution in [0.1, 0.15) is 27.4 Å². The molecule has 0 amide bonds. The van der Waals surface area contributed by atoms with Crippen LogP contribution in [0.5, 0.6) is 5.75 Å². The van der Waals surface area contributed by atoms with Gasteiger partial charge in [0.1, 0.15) is 11.6 Å². The van der Waals surface area contributed by atoms with E-state index in [0.717, 1.165) is 16.9 Å². The zero-order valence-corrected chi connectivity index (χ0v) is 12.5. The van der Waals surface area contributed by atoms with Crippen molar-refractivity contribution in [3.8, 4) is 5.75 Å². The molecule has 0 saturated carbocycles. The van der Waals surface area contributed by atoms with Gasteiger partial charge in [-0.05, 0) is 25.0 Å². The molecule has 2 aromatic rings. The average molecular weight is 307 g/mol. The fourth-order valence-electron chi connectivity index (χ4n) is 1.95. The second-order valence-corrected chi connectivity index (χ2v) is 5.01. The third-order valence-electron chi connectivity index (χ3n) is 2.98. The van der Waals surface area contributed by atoms with Crippen molar-refractivity contribution in [3.05, 3.63) is 52.1 Å². The minimum absolute atomic E-state index is 0.0296. The Morgan fingerprint density at radius 2 is 2.00 bits per heavy atom. The quantitative estimate of drug-likeness (QED) is 0.919. The fourth-order valence-corrected chi connectivity index (χ4v) is 2.12. The molecule has 5 nitrogen and oxygen atoms in total. The molecule has 0 saturated heterocycles. The number of rotatable bonds is 5. The van der Waals surface area contributed by atoms with Gasteiger partial charge in [0.25, 0.3) is 0 Å². The number of ether oxygens (including phenoxy) is 1. The van der Waals surface area contributed by atoms with E-state index in [0.29, 0.717) is 18.9 Å². The molecular formula is C15H15ClN2O3. The first kappa shape index (κ1) is 15.3. The van der Waals surface area contributed by atoms with Gasteiger partial charge in [-0.2, -0.15) is 0 Å². The van der Waals surface area contributed by atoms with E-state index in [1.54, 1.807) is 0 Å². The predicted molar refractivity (Wildman–Crippen MR) is 79.1 cm³/mol. The minimum Gasteiger partial charge on any atom is -0.493 e. The van der Waals surface area contributed by atoms with Crippen molar-refractivity contribution in [3.63, 3.8) is 0 Å². The van der Waals surface area contributed by atoms with E-state index in [4.69, 9.17) is 21.4 Å². The van der Waals surface area contributed by atoms with Crippen LogP contribution in [0.2, 0.25) is 5.02 Å². The molecule has 0 aliphatic carbocycles. The molecule has 21 heavy (non-hydrogen) atoms. The lowest BCUT2D eigenvalue weighted by Crippen LogP contribution is -2.10. The van der Waals surface area contributed by atoms with Crippen LogP contribution in [0.25, 0.3) is 0 Å². The number of nitrogens with zero attached hydrogens (tertiary/aromatic N) is 2. The first-order valence-electron chi connectivity index (χ1n) is 6.42. The molecule has 2 rings (SSSR count). The Morgan fingerprint density at radius 1 is 1.33 bits per heavy atom. The summed E-state index contributed by atoms with van der Waals surface area (Å²) < 4.78 is 5.74. The smallest absolute Gasteiger partial charge is 0.356 e. The van der Waals surface area contributed by atoms with E-state index >= 15 is 0 Å². The van der Waals surface area contributed by atoms with Crippen LogP contribution in [0.3, 0.4) is 0 Å². The van der Waals surface area contributed by atoms with E-state index in [2.05, 4.69) is 9.97 Å². The Labute approximate surface area is 127 Å². The third kappa shape index (κ3) is 3.70. The van der Waals surface area contributed by atoms with E-state index in [9.17, 15) is 4.79 Å². The van der Waals surface area contributed by atoms with Crippen LogP contribution in [0.15, 0.2) is 24.4 Å². The summed E-state index contributed by atoms with van der Waals surface area (Å²) in [6.45, 7) is 4.32. The zero-order valence-electron chi connectivity index (χ0n) is 11.8. The molecule has 1 aromatic heterocycles. The number of aryl methyl sites for hydroxylation is 2. The molecule has 6 heteroatoms. The Kier molecular flexibility index (Phi) is 4.75. The monoisotopic (exact) mass is 306 g/mol. The molecule has 0 fully saturated rings. The van der Waals surface area contributed by atoms with Crippen molar-refractivity contribution in [2.24, 2.45) is 0 Å². The van der Waals surface area contributed by atoms with Crippen LogP contribution in [0.4, 0.5) is 0 Å². The topological polar surface area (TPSA) is 72.3 Å². The molecule has 0 bridgehead atoms. The van der Waals surface area contributed by atoms with Crippen molar-refractivity contribution in [2.45, 2.75) is 20.3 Å². The summed E-state index contributed by atoms with van der Waals surface area (Å²) in [7, 11) is 0. The van der Waals surface area contributed by atoms with Gasteiger partial charge in [0, 0.05) is 6.42 Å². The molecular weight excluding hydrogens is 292 g/mol. The van der Waals surface area contributed by atoms with Gasteiger partial charge in [0.05, 0.1) is 17.8 Å². The normalized spacial score (nSPS) is 10.4. The minimum atomic E-state index is -1.17. The number of carboxylic acids is 1. The Morgan fingerprint density at radius 3 is 2.62 bits per heavy atom. The summed E-state index contributed by atoms with van der Waals surface area (Å²) in [4.78, 5) is 18.9. The van der Waals surface area contributed by atoms with Crippen LogP contribution in [-0.2, 0) is 6.42 Å². The van der Waals surface area contributed by atoms with Gasteiger partial charge in [0.15, 0.2) is 5.69 Å². The lowest BCUT2D eigenvalue weighted by Gasteiger charge is -2.11. The highest BCUT2D eigenvalue weighted by molar-refractivity contribution is 6.33. The molecule has 1 heterocycles. The summed E-state index contributed by atoms with van der Waals surface area (Å²) in [6.07, 6.45) is 1.71. The highest BCUT2D eigenvalue weighted by Gasteiger charge is 2.12. The van der Waals surface area contributed by atoms with Crippen LogP contribution in [0, 0.1) is 13.8 Å². The maximum absolute atomic E-state index is 11.0. The zero-order chi connectivity index (χ0) is 15.4. The largest absolute Gasteiger partial charge is 0.493 e. The summed E-state index contributed by atoms with van der Waals surface area (Å²) in [5, 5.41) is 8.99. The number of hydrogen-bond donors (Lipinski definition) is 1. The molecule has 0 aliphatic heterocycles. The molecule has 0 radical (unpaired) electrons. The molecule has 110 valence electrons. The average Bonchev–Trinajstić information content (AvgIpc) is 2.43. The second-order valence-electron chi connectivity index (χ2n) is 4.61. The number of carbonyl (C=O) groups is 1. The molecule has 0 atom stereocenters. The highest BCUT2D eigenvalue weighted by atomic mass is 35.5. The first-order chi connectivity index (χ1) is 9.99. The van der Waals surface area contributed by atoms with Crippen molar-refractivity contribution in [1.82, 2.24) is 9.97 Å². The second kappa shape index (κ2) is 6.54. The van der Waals surface area contributed by atoms with Gasteiger partial charge in [-0.3, -0.25) is 0 Å². The molecule has 0 aliphatic rings. The number of aromatic nitrogens is 2. The van der Waals surface area contributed by atoms with Crippen molar-refractivity contribution < 1.29 is 14.6 Å². The van der Waals surface area contributed by atoms with Crippen LogP contribution >= 0.6 is 11.6 Å². The fraction of sp³-hybridized carbons (Fsp3) is 0.267. The SMILES string of the molecule is Cc1cccc(C)c1OCCc1ncc(Cl)c(C(=O)O)n1. The number of benzene rings is 1. The van der Waals surface area contributed by atoms with Gasteiger partial charge < -0.3 is 9.84 Å². The van der Waals surface area contributed by atoms with Gasteiger partial charge >= 0.3 is 5.97 Å². The van der Waals surface area contributed by atoms with Crippen molar-refractivity contribution >= 4 is 17.6 Å². The summed E-state index contributed by atoms with van der Waals surface area (Å²) in [6, 6.07) is 5.92. The van der Waals surface area contributed by atoms with E-state index < -0.39 is 5.97 Å². The van der Waals surface area contributed by atoms with Gasteiger partial charge in [-0.25, -0.2) is 14.8 Å². The van der Waals surface area contributed by atoms with Crippen molar-refractivity contribution in [1.29, 1.82) is 0 Å². The third-order valence-corrected chi connectivity index (χ3v) is 3.25. The molecule has 0 spiro atoms. The molecule has 0 unspecified atom stereocenters. The number of aromatic carboxylic acids is 1. The van der Waals surface area contributed by atoms with Gasteiger partial charge in [0.2, 0.25) is 0 Å². The summed E-state index contributed by atoms with van der Waals surface area (Å²) >= 11 is 5.73. The van der Waals surface area contributed by atoms with E-state index in [1.165, 1.54) is 6.20 Å². The number of hydrogen-bond acceptors (Lipinski definition) is 4. The number of para-hydroxylation sites is 1. The van der Waals surface area contributed by atoms with Crippen LogP contribution in [-0.4, -0.2) is 27.7 Å². The van der Waals surface area contributed by atoms with Crippen molar-refractivity contribution in [2.75, 3.05) is 6.61 Å². The Bertz CT molecular complexity index is 654. The lowest BCUT2D eigenvalue weighted by molar-refractivity contribution is 0.0690. The summed E-state index contributed by atoms with van der Waals surface area (Å²) in [5.74, 6) is 0.0623. The lowest BCUT2D eigenvalue weighted by atomic mass is 10.1. The van der Waals surface area contributed by atoms with Crippen LogP contribution < -0.4 is 4.74 Å². The maximum atomic E-state index is 11.0.